The maximum Gasteiger partial charge on any atom is 0.254 e. The van der Waals surface area contributed by atoms with E-state index in [1.54, 1.807) is 30.2 Å². The molecule has 1 amide bonds. The van der Waals surface area contributed by atoms with Crippen LogP contribution in [-0.2, 0) is 15.6 Å². The van der Waals surface area contributed by atoms with Crippen LogP contribution in [0, 0.1) is 5.82 Å². The highest BCUT2D eigenvalue weighted by molar-refractivity contribution is 7.90. The summed E-state index contributed by atoms with van der Waals surface area (Å²) in [7, 11) is -2.18. The largest absolute Gasteiger partial charge is 0.495 e. The van der Waals surface area contributed by atoms with Crippen LogP contribution in [0.1, 0.15) is 15.9 Å². The monoisotopic (exact) mass is 468 g/mol. The molecule has 0 unspecified atom stereocenters. The summed E-state index contributed by atoms with van der Waals surface area (Å²) in [6.07, 6.45) is 0. The summed E-state index contributed by atoms with van der Waals surface area (Å²) in [5.74, 6) is -0.474. The summed E-state index contributed by atoms with van der Waals surface area (Å²) < 4.78 is 45.1. The number of benzene rings is 3. The van der Waals surface area contributed by atoms with Gasteiger partial charge in [-0.3, -0.25) is 4.79 Å². The predicted octanol–water partition coefficient (Wildman–Crippen LogP) is 3.77. The van der Waals surface area contributed by atoms with Crippen molar-refractivity contribution >= 4 is 21.4 Å². The van der Waals surface area contributed by atoms with Gasteiger partial charge in [0, 0.05) is 37.3 Å². The van der Waals surface area contributed by atoms with Gasteiger partial charge in [-0.25, -0.2) is 12.8 Å². The number of carbonyl (C=O) groups is 1. The number of methoxy groups -OCH3 is 1. The highest BCUT2D eigenvalue weighted by atomic mass is 32.2. The summed E-state index contributed by atoms with van der Waals surface area (Å²) in [6, 6.07) is 19.5. The summed E-state index contributed by atoms with van der Waals surface area (Å²) in [5.41, 5.74) is 1.38. The molecule has 0 aliphatic carbocycles. The number of ether oxygens (including phenoxy) is 1. The van der Waals surface area contributed by atoms with E-state index in [-0.39, 0.29) is 16.4 Å². The molecule has 3 aromatic rings. The van der Waals surface area contributed by atoms with Gasteiger partial charge in [0.1, 0.15) is 11.6 Å². The summed E-state index contributed by atoms with van der Waals surface area (Å²) in [6.45, 7) is 2.28. The first-order chi connectivity index (χ1) is 15.9. The van der Waals surface area contributed by atoms with Crippen molar-refractivity contribution in [2.24, 2.45) is 0 Å². The second-order valence-electron chi connectivity index (χ2n) is 7.83. The smallest absolute Gasteiger partial charge is 0.254 e. The molecule has 0 saturated carbocycles. The van der Waals surface area contributed by atoms with Gasteiger partial charge < -0.3 is 14.5 Å². The Morgan fingerprint density at radius 1 is 0.939 bits per heavy atom. The number of halogens is 1. The number of hydrogen-bond acceptors (Lipinski definition) is 5. The van der Waals surface area contributed by atoms with Crippen molar-refractivity contribution in [3.05, 3.63) is 89.7 Å². The van der Waals surface area contributed by atoms with Crippen LogP contribution in [0.25, 0.3) is 0 Å². The van der Waals surface area contributed by atoms with Gasteiger partial charge in [-0.15, -0.1) is 0 Å². The molecule has 0 aromatic heterocycles. The number of anilines is 1. The topological polar surface area (TPSA) is 66.9 Å². The number of sulfone groups is 1. The standard InChI is InChI=1S/C25H25FN2O4S/c1-32-24-12-5-4-11-23(24)27-13-15-28(16-14-27)25(29)19-8-6-9-21(17-19)33(30,31)18-20-7-2-3-10-22(20)26/h2-12,17H,13-16,18H2,1H3. The predicted molar refractivity (Wildman–Crippen MR) is 125 cm³/mol. The molecule has 33 heavy (non-hydrogen) atoms. The number of amides is 1. The van der Waals surface area contributed by atoms with Crippen LogP contribution in [0.15, 0.2) is 77.7 Å². The van der Waals surface area contributed by atoms with Crippen molar-refractivity contribution in [2.45, 2.75) is 10.6 Å². The van der Waals surface area contributed by atoms with E-state index in [0.29, 0.717) is 31.7 Å². The minimum absolute atomic E-state index is 0.00395. The Kier molecular flexibility index (Phi) is 6.65. The Bertz CT molecular complexity index is 1250. The van der Waals surface area contributed by atoms with E-state index in [2.05, 4.69) is 4.90 Å². The van der Waals surface area contributed by atoms with Crippen molar-refractivity contribution < 1.29 is 22.3 Å². The van der Waals surface area contributed by atoms with Crippen molar-refractivity contribution in [2.75, 3.05) is 38.2 Å². The van der Waals surface area contributed by atoms with Crippen molar-refractivity contribution in [1.29, 1.82) is 0 Å². The van der Waals surface area contributed by atoms with E-state index in [1.807, 2.05) is 24.3 Å². The van der Waals surface area contributed by atoms with Gasteiger partial charge in [-0.1, -0.05) is 36.4 Å². The van der Waals surface area contributed by atoms with Crippen LogP contribution >= 0.6 is 0 Å². The number of carbonyl (C=O) groups excluding carboxylic acids is 1. The molecule has 3 aromatic carbocycles. The Hall–Kier alpha value is -3.39. The van der Waals surface area contributed by atoms with Gasteiger partial charge >= 0.3 is 0 Å². The lowest BCUT2D eigenvalue weighted by Gasteiger charge is -2.36. The van der Waals surface area contributed by atoms with Gasteiger partial charge in [-0.2, -0.15) is 0 Å². The summed E-state index contributed by atoms with van der Waals surface area (Å²) >= 11 is 0. The number of piperazine rings is 1. The van der Waals surface area contributed by atoms with Crippen LogP contribution in [0.3, 0.4) is 0 Å². The SMILES string of the molecule is COc1ccccc1N1CCN(C(=O)c2cccc(S(=O)(=O)Cc3ccccc3F)c2)CC1. The molecule has 4 rings (SSSR count). The van der Waals surface area contributed by atoms with E-state index < -0.39 is 21.4 Å². The molecule has 0 N–H and O–H groups in total. The van der Waals surface area contributed by atoms with E-state index in [4.69, 9.17) is 4.74 Å². The molecule has 0 bridgehead atoms. The molecule has 0 radical (unpaired) electrons. The third kappa shape index (κ3) is 5.01. The maximum atomic E-state index is 14.0. The molecule has 1 heterocycles. The van der Waals surface area contributed by atoms with Crippen LogP contribution in [0.2, 0.25) is 0 Å². The Labute approximate surface area is 193 Å². The van der Waals surface area contributed by atoms with Crippen LogP contribution in [0.5, 0.6) is 5.75 Å². The number of hydrogen-bond donors (Lipinski definition) is 0. The first-order valence-electron chi connectivity index (χ1n) is 10.6. The zero-order valence-corrected chi connectivity index (χ0v) is 19.1. The van der Waals surface area contributed by atoms with Gasteiger partial charge in [0.2, 0.25) is 0 Å². The molecule has 1 aliphatic heterocycles. The lowest BCUT2D eigenvalue weighted by Crippen LogP contribution is -2.48. The molecule has 1 aliphatic rings. The average Bonchev–Trinajstić information content (AvgIpc) is 2.85. The van der Waals surface area contributed by atoms with Crippen molar-refractivity contribution in [3.63, 3.8) is 0 Å². The third-order valence-electron chi connectivity index (χ3n) is 5.74. The fourth-order valence-electron chi connectivity index (χ4n) is 3.95. The lowest BCUT2D eigenvalue weighted by atomic mass is 10.1. The second kappa shape index (κ2) is 9.62. The number of nitrogens with zero attached hydrogens (tertiary/aromatic N) is 2. The quantitative estimate of drug-likeness (QED) is 0.551. The van der Waals surface area contributed by atoms with Crippen LogP contribution in [-0.4, -0.2) is 52.5 Å². The molecule has 0 spiro atoms. The molecule has 6 nitrogen and oxygen atoms in total. The van der Waals surface area contributed by atoms with E-state index in [1.165, 1.54) is 30.3 Å². The zero-order valence-electron chi connectivity index (χ0n) is 18.3. The fraction of sp³-hybridized carbons (Fsp3) is 0.240. The molecular weight excluding hydrogens is 443 g/mol. The van der Waals surface area contributed by atoms with Crippen molar-refractivity contribution in [1.82, 2.24) is 4.90 Å². The molecule has 0 atom stereocenters. The fourth-order valence-corrected chi connectivity index (χ4v) is 5.35. The highest BCUT2D eigenvalue weighted by Crippen LogP contribution is 2.28. The normalized spacial score (nSPS) is 14.2. The van der Waals surface area contributed by atoms with E-state index >= 15 is 0 Å². The first-order valence-corrected chi connectivity index (χ1v) is 12.3. The molecule has 1 saturated heterocycles. The third-order valence-corrected chi connectivity index (χ3v) is 7.40. The minimum Gasteiger partial charge on any atom is -0.495 e. The average molecular weight is 469 g/mol. The number of para-hydroxylation sites is 2. The van der Waals surface area contributed by atoms with Gasteiger partial charge in [0.15, 0.2) is 9.84 Å². The number of rotatable bonds is 6. The van der Waals surface area contributed by atoms with Gasteiger partial charge in [-0.05, 0) is 36.4 Å². The van der Waals surface area contributed by atoms with Crippen molar-refractivity contribution in [3.8, 4) is 5.75 Å². The van der Waals surface area contributed by atoms with Gasteiger partial charge in [0.05, 0.1) is 23.4 Å². The molecular formula is C25H25FN2O4S. The Morgan fingerprint density at radius 3 is 2.36 bits per heavy atom. The van der Waals surface area contributed by atoms with E-state index in [0.717, 1.165) is 11.4 Å². The van der Waals surface area contributed by atoms with E-state index in [9.17, 15) is 17.6 Å². The van der Waals surface area contributed by atoms with Crippen LogP contribution in [0.4, 0.5) is 10.1 Å². The second-order valence-corrected chi connectivity index (χ2v) is 9.82. The molecule has 172 valence electrons. The zero-order chi connectivity index (χ0) is 23.4. The maximum absolute atomic E-state index is 14.0. The summed E-state index contributed by atoms with van der Waals surface area (Å²) in [5, 5.41) is 0. The lowest BCUT2D eigenvalue weighted by molar-refractivity contribution is 0.0746. The molecule has 8 heteroatoms. The minimum atomic E-state index is -3.81. The van der Waals surface area contributed by atoms with Gasteiger partial charge in [0.25, 0.3) is 5.91 Å². The summed E-state index contributed by atoms with van der Waals surface area (Å²) in [4.78, 5) is 17.0. The first kappa shape index (κ1) is 22.8. The highest BCUT2D eigenvalue weighted by Gasteiger charge is 2.25. The van der Waals surface area contributed by atoms with Crippen LogP contribution < -0.4 is 9.64 Å². The Balaban J connectivity index is 1.47. The Morgan fingerprint density at radius 2 is 1.64 bits per heavy atom. The molecule has 1 fully saturated rings.